The Labute approximate surface area is 124 Å². The van der Waals surface area contributed by atoms with Crippen LogP contribution in [0.5, 0.6) is 6.01 Å². The molecule has 8 heteroatoms. The molecule has 0 amide bonds. The summed E-state index contributed by atoms with van der Waals surface area (Å²) < 4.78 is 10.4. The van der Waals surface area contributed by atoms with E-state index in [1.807, 2.05) is 20.9 Å². The molecule has 0 atom stereocenters. The lowest BCUT2D eigenvalue weighted by atomic mass is 10.5. The van der Waals surface area contributed by atoms with Crippen LogP contribution in [0.3, 0.4) is 0 Å². The number of methoxy groups -OCH3 is 1. The fourth-order valence-corrected chi connectivity index (χ4v) is 1.54. The molecule has 0 unspecified atom stereocenters. The molecule has 0 aromatic carbocycles. The third-order valence-corrected chi connectivity index (χ3v) is 2.55. The Kier molecular flexibility index (Phi) is 7.50. The second-order valence-corrected chi connectivity index (χ2v) is 4.94. The van der Waals surface area contributed by atoms with E-state index >= 15 is 0 Å². The Balaban J connectivity index is 2.45. The Morgan fingerprint density at radius 1 is 1.25 bits per heavy atom. The van der Waals surface area contributed by atoms with E-state index in [1.165, 1.54) is 0 Å². The van der Waals surface area contributed by atoms with Crippen molar-refractivity contribution in [1.29, 1.82) is 0 Å². The van der Waals surface area contributed by atoms with Crippen LogP contribution in [0.4, 0.5) is 5.95 Å². The van der Waals surface area contributed by atoms with Crippen molar-refractivity contribution in [1.82, 2.24) is 19.9 Å². The molecule has 0 bridgehead atoms. The third kappa shape index (κ3) is 6.83. The minimum absolute atomic E-state index is 0.0125. The standard InChI is InChI=1S/C12H22ClN5O2/c1-9(2)20-12-16-10(13)15-11(17-12)14-5-6-18(3)7-8-19-4/h9H,5-8H2,1-4H3,(H,14,15,16,17). The maximum atomic E-state index is 5.83. The fourth-order valence-electron chi connectivity index (χ4n) is 1.39. The van der Waals surface area contributed by atoms with Crippen molar-refractivity contribution < 1.29 is 9.47 Å². The number of ether oxygens (including phenoxy) is 2. The van der Waals surface area contributed by atoms with Gasteiger partial charge < -0.3 is 19.7 Å². The second-order valence-electron chi connectivity index (χ2n) is 4.60. The van der Waals surface area contributed by atoms with Crippen LogP contribution in [0.25, 0.3) is 0 Å². The van der Waals surface area contributed by atoms with Gasteiger partial charge in [-0.3, -0.25) is 0 Å². The largest absolute Gasteiger partial charge is 0.461 e. The molecule has 1 heterocycles. The highest BCUT2D eigenvalue weighted by Gasteiger charge is 2.07. The quantitative estimate of drug-likeness (QED) is 0.737. The Morgan fingerprint density at radius 3 is 2.65 bits per heavy atom. The monoisotopic (exact) mass is 303 g/mol. The first-order chi connectivity index (χ1) is 9.51. The molecule has 0 fully saturated rings. The van der Waals surface area contributed by atoms with Gasteiger partial charge in [0, 0.05) is 26.7 Å². The van der Waals surface area contributed by atoms with E-state index in [4.69, 9.17) is 21.1 Å². The number of nitrogens with one attached hydrogen (secondary N) is 1. The van der Waals surface area contributed by atoms with Crippen molar-refractivity contribution in [3.63, 3.8) is 0 Å². The highest BCUT2D eigenvalue weighted by molar-refractivity contribution is 6.28. The molecule has 0 aliphatic heterocycles. The van der Waals surface area contributed by atoms with Crippen molar-refractivity contribution in [3.8, 4) is 6.01 Å². The van der Waals surface area contributed by atoms with Gasteiger partial charge in [0.25, 0.3) is 0 Å². The number of halogens is 1. The molecule has 1 aromatic rings. The molecule has 1 aromatic heterocycles. The number of likely N-dealkylation sites (N-methyl/N-ethyl adjacent to an activating group) is 1. The summed E-state index contributed by atoms with van der Waals surface area (Å²) in [6.07, 6.45) is -0.0125. The Morgan fingerprint density at radius 2 is 2.00 bits per heavy atom. The summed E-state index contributed by atoms with van der Waals surface area (Å²) in [5.74, 6) is 0.417. The zero-order valence-corrected chi connectivity index (χ0v) is 13.1. The second kappa shape index (κ2) is 8.89. The summed E-state index contributed by atoms with van der Waals surface area (Å²) in [7, 11) is 3.71. The average molecular weight is 304 g/mol. The van der Waals surface area contributed by atoms with E-state index in [2.05, 4.69) is 25.2 Å². The predicted molar refractivity (Wildman–Crippen MR) is 78.5 cm³/mol. The first-order valence-electron chi connectivity index (χ1n) is 6.51. The van der Waals surface area contributed by atoms with Crippen molar-refractivity contribution in [2.45, 2.75) is 20.0 Å². The molecule has 1 N–H and O–H groups in total. The van der Waals surface area contributed by atoms with E-state index < -0.39 is 0 Å². The summed E-state index contributed by atoms with van der Waals surface area (Å²) in [5.41, 5.74) is 0. The first-order valence-corrected chi connectivity index (χ1v) is 6.88. The Hall–Kier alpha value is -1.18. The number of aromatic nitrogens is 3. The van der Waals surface area contributed by atoms with E-state index in [0.29, 0.717) is 19.1 Å². The van der Waals surface area contributed by atoms with Crippen LogP contribution < -0.4 is 10.1 Å². The number of hydrogen-bond acceptors (Lipinski definition) is 7. The first kappa shape index (κ1) is 16.9. The number of anilines is 1. The molecule has 0 saturated heterocycles. The summed E-state index contributed by atoms with van der Waals surface area (Å²) in [5, 5.41) is 3.21. The van der Waals surface area contributed by atoms with E-state index in [0.717, 1.165) is 13.1 Å². The molecule has 114 valence electrons. The zero-order chi connectivity index (χ0) is 15.0. The van der Waals surface area contributed by atoms with Crippen molar-refractivity contribution in [3.05, 3.63) is 5.28 Å². The van der Waals surface area contributed by atoms with Gasteiger partial charge in [0.1, 0.15) is 0 Å². The van der Waals surface area contributed by atoms with E-state index in [1.54, 1.807) is 7.11 Å². The summed E-state index contributed by atoms with van der Waals surface area (Å²) in [6.45, 7) is 6.91. The minimum Gasteiger partial charge on any atom is -0.461 e. The normalized spacial score (nSPS) is 11.2. The van der Waals surface area contributed by atoms with Crippen LogP contribution in [0.2, 0.25) is 5.28 Å². The molecule has 1 rings (SSSR count). The fraction of sp³-hybridized carbons (Fsp3) is 0.750. The topological polar surface area (TPSA) is 72.4 Å². The highest BCUT2D eigenvalue weighted by Crippen LogP contribution is 2.12. The van der Waals surface area contributed by atoms with E-state index in [-0.39, 0.29) is 17.4 Å². The lowest BCUT2D eigenvalue weighted by molar-refractivity contribution is 0.163. The van der Waals surface area contributed by atoms with Gasteiger partial charge in [-0.15, -0.1) is 0 Å². The number of nitrogens with zero attached hydrogens (tertiary/aromatic N) is 4. The summed E-state index contributed by atoms with van der Waals surface area (Å²) >= 11 is 5.83. The van der Waals surface area contributed by atoms with Gasteiger partial charge in [-0.1, -0.05) is 0 Å². The van der Waals surface area contributed by atoms with Gasteiger partial charge in [0.15, 0.2) is 0 Å². The highest BCUT2D eigenvalue weighted by atomic mass is 35.5. The molecule has 0 aliphatic rings. The van der Waals surface area contributed by atoms with Crippen LogP contribution >= 0.6 is 11.6 Å². The maximum absolute atomic E-state index is 5.83. The van der Waals surface area contributed by atoms with Crippen molar-refractivity contribution in [2.24, 2.45) is 0 Å². The molecule has 0 saturated carbocycles. The van der Waals surface area contributed by atoms with Gasteiger partial charge >= 0.3 is 6.01 Å². The zero-order valence-electron chi connectivity index (χ0n) is 12.4. The lowest BCUT2D eigenvalue weighted by Crippen LogP contribution is -2.28. The average Bonchev–Trinajstić information content (AvgIpc) is 2.34. The number of rotatable bonds is 9. The van der Waals surface area contributed by atoms with Crippen molar-refractivity contribution in [2.75, 3.05) is 45.7 Å². The van der Waals surface area contributed by atoms with Crippen LogP contribution in [-0.4, -0.2) is 66.4 Å². The van der Waals surface area contributed by atoms with Gasteiger partial charge in [0.2, 0.25) is 11.2 Å². The molecule has 0 aliphatic carbocycles. The van der Waals surface area contributed by atoms with E-state index in [9.17, 15) is 0 Å². The van der Waals surface area contributed by atoms with Crippen LogP contribution in [0, 0.1) is 0 Å². The van der Waals surface area contributed by atoms with Gasteiger partial charge in [-0.25, -0.2) is 0 Å². The maximum Gasteiger partial charge on any atom is 0.322 e. The lowest BCUT2D eigenvalue weighted by Gasteiger charge is -2.16. The SMILES string of the molecule is COCCN(C)CCNc1nc(Cl)nc(OC(C)C)n1. The molecule has 7 nitrogen and oxygen atoms in total. The molecule has 0 spiro atoms. The summed E-state index contributed by atoms with van der Waals surface area (Å²) in [6, 6.07) is 0.232. The van der Waals surface area contributed by atoms with Crippen LogP contribution in [-0.2, 0) is 4.74 Å². The number of hydrogen-bond donors (Lipinski definition) is 1. The molecule has 20 heavy (non-hydrogen) atoms. The predicted octanol–water partition coefficient (Wildman–Crippen LogP) is 1.30. The van der Waals surface area contributed by atoms with Crippen LogP contribution in [0.15, 0.2) is 0 Å². The summed E-state index contributed by atoms with van der Waals surface area (Å²) in [4.78, 5) is 14.2. The molecule has 0 radical (unpaired) electrons. The minimum atomic E-state index is -0.0125. The van der Waals surface area contributed by atoms with Crippen LogP contribution in [0.1, 0.15) is 13.8 Å². The van der Waals surface area contributed by atoms with Gasteiger partial charge in [0.05, 0.1) is 12.7 Å². The molecular formula is C12H22ClN5O2. The van der Waals surface area contributed by atoms with Gasteiger partial charge in [-0.05, 0) is 32.5 Å². The van der Waals surface area contributed by atoms with Gasteiger partial charge in [-0.2, -0.15) is 15.0 Å². The Bertz CT molecular complexity index is 405. The molecular weight excluding hydrogens is 282 g/mol. The smallest absolute Gasteiger partial charge is 0.322 e. The third-order valence-electron chi connectivity index (χ3n) is 2.38. The van der Waals surface area contributed by atoms with Crippen molar-refractivity contribution >= 4 is 17.5 Å².